The first-order chi connectivity index (χ1) is 7.59. The first kappa shape index (κ1) is 10.8. The van der Waals surface area contributed by atoms with E-state index in [9.17, 15) is 5.11 Å². The van der Waals surface area contributed by atoms with Gasteiger partial charge in [-0.3, -0.25) is 4.57 Å². The smallest absolute Gasteiger partial charge is 0.138 e. The highest BCUT2D eigenvalue weighted by molar-refractivity contribution is 5.30. The maximum atomic E-state index is 9.38. The number of aliphatic hydroxyl groups excluding tert-OH is 1. The maximum absolute atomic E-state index is 9.38. The van der Waals surface area contributed by atoms with Crippen molar-refractivity contribution in [3.8, 4) is 5.82 Å². The van der Waals surface area contributed by atoms with Gasteiger partial charge in [0.15, 0.2) is 0 Å². The molecule has 0 aliphatic carbocycles. The zero-order chi connectivity index (χ0) is 11.7. The average Bonchev–Trinajstić information content (AvgIpc) is 2.60. The van der Waals surface area contributed by atoms with E-state index in [1.54, 1.807) is 19.4 Å². The SMILES string of the molecule is Cc1ncn(-c2ccc(C(C)O)cn2)c1C. The van der Waals surface area contributed by atoms with Gasteiger partial charge in [0.2, 0.25) is 0 Å². The van der Waals surface area contributed by atoms with Gasteiger partial charge in [0.1, 0.15) is 12.1 Å². The molecule has 0 saturated carbocycles. The Morgan fingerprint density at radius 3 is 2.44 bits per heavy atom. The zero-order valence-electron chi connectivity index (χ0n) is 9.68. The van der Waals surface area contributed by atoms with E-state index in [4.69, 9.17) is 0 Å². The minimum atomic E-state index is -0.479. The van der Waals surface area contributed by atoms with Gasteiger partial charge in [-0.1, -0.05) is 6.07 Å². The van der Waals surface area contributed by atoms with Crippen molar-refractivity contribution in [3.05, 3.63) is 41.6 Å². The maximum Gasteiger partial charge on any atom is 0.138 e. The number of nitrogens with zero attached hydrogens (tertiary/aromatic N) is 3. The third-order valence-corrected chi connectivity index (χ3v) is 2.75. The standard InChI is InChI=1S/C12H15N3O/c1-8-9(2)15(7-14-8)12-5-4-11(6-13-12)10(3)16/h4-7,10,16H,1-3H3. The lowest BCUT2D eigenvalue weighted by Crippen LogP contribution is -2.00. The fraction of sp³-hybridized carbons (Fsp3) is 0.333. The number of aliphatic hydroxyl groups is 1. The number of imidazole rings is 1. The third kappa shape index (κ3) is 1.84. The van der Waals surface area contributed by atoms with Crippen molar-refractivity contribution in [2.24, 2.45) is 0 Å². The predicted molar refractivity (Wildman–Crippen MR) is 61.5 cm³/mol. The second-order valence-corrected chi connectivity index (χ2v) is 3.91. The van der Waals surface area contributed by atoms with E-state index >= 15 is 0 Å². The van der Waals surface area contributed by atoms with Crippen LogP contribution in [0.1, 0.15) is 30.0 Å². The van der Waals surface area contributed by atoms with Gasteiger partial charge in [0, 0.05) is 11.9 Å². The Balaban J connectivity index is 2.38. The summed E-state index contributed by atoms with van der Waals surface area (Å²) in [5.41, 5.74) is 2.90. The molecule has 0 bridgehead atoms. The normalized spacial score (nSPS) is 12.8. The Bertz CT molecular complexity index is 485. The molecule has 4 heteroatoms. The van der Waals surface area contributed by atoms with E-state index in [1.807, 2.05) is 30.5 Å². The number of hydrogen-bond donors (Lipinski definition) is 1. The second kappa shape index (κ2) is 4.06. The highest BCUT2D eigenvalue weighted by Crippen LogP contribution is 2.15. The summed E-state index contributed by atoms with van der Waals surface area (Å²) in [7, 11) is 0. The van der Waals surface area contributed by atoms with E-state index in [1.165, 1.54) is 0 Å². The summed E-state index contributed by atoms with van der Waals surface area (Å²) in [5.74, 6) is 0.822. The van der Waals surface area contributed by atoms with Crippen LogP contribution in [0.2, 0.25) is 0 Å². The summed E-state index contributed by atoms with van der Waals surface area (Å²) in [5, 5.41) is 9.38. The molecule has 2 rings (SSSR count). The molecule has 2 aromatic heterocycles. The van der Waals surface area contributed by atoms with Gasteiger partial charge in [-0.25, -0.2) is 9.97 Å². The van der Waals surface area contributed by atoms with Gasteiger partial charge in [0.25, 0.3) is 0 Å². The van der Waals surface area contributed by atoms with Crippen LogP contribution in [0, 0.1) is 13.8 Å². The predicted octanol–water partition coefficient (Wildman–Crippen LogP) is 1.94. The average molecular weight is 217 g/mol. The molecule has 0 spiro atoms. The van der Waals surface area contributed by atoms with Gasteiger partial charge < -0.3 is 5.11 Å². The molecule has 2 aromatic rings. The van der Waals surface area contributed by atoms with E-state index in [0.717, 1.165) is 22.8 Å². The van der Waals surface area contributed by atoms with Gasteiger partial charge >= 0.3 is 0 Å². The molecular formula is C12H15N3O. The lowest BCUT2D eigenvalue weighted by atomic mass is 10.2. The van der Waals surface area contributed by atoms with Crippen LogP contribution in [0.5, 0.6) is 0 Å². The molecule has 0 fully saturated rings. The molecule has 2 heterocycles. The zero-order valence-corrected chi connectivity index (χ0v) is 9.68. The molecule has 16 heavy (non-hydrogen) atoms. The topological polar surface area (TPSA) is 50.9 Å². The number of rotatable bonds is 2. The Labute approximate surface area is 94.6 Å². The molecule has 0 amide bonds. The molecule has 1 atom stereocenters. The fourth-order valence-electron chi connectivity index (χ4n) is 1.52. The highest BCUT2D eigenvalue weighted by Gasteiger charge is 2.06. The molecular weight excluding hydrogens is 202 g/mol. The van der Waals surface area contributed by atoms with Crippen LogP contribution >= 0.6 is 0 Å². The first-order valence-electron chi connectivity index (χ1n) is 5.24. The Morgan fingerprint density at radius 2 is 2.00 bits per heavy atom. The monoisotopic (exact) mass is 217 g/mol. The summed E-state index contributed by atoms with van der Waals surface area (Å²) in [6.45, 7) is 5.70. The molecule has 1 unspecified atom stereocenters. The lowest BCUT2D eigenvalue weighted by molar-refractivity contribution is 0.199. The fourth-order valence-corrected chi connectivity index (χ4v) is 1.52. The Kier molecular flexibility index (Phi) is 2.75. The van der Waals surface area contributed by atoms with E-state index in [-0.39, 0.29) is 0 Å². The largest absolute Gasteiger partial charge is 0.389 e. The van der Waals surface area contributed by atoms with Gasteiger partial charge in [-0.15, -0.1) is 0 Å². The Hall–Kier alpha value is -1.68. The molecule has 0 aliphatic rings. The van der Waals surface area contributed by atoms with Crippen molar-refractivity contribution in [3.63, 3.8) is 0 Å². The van der Waals surface area contributed by atoms with E-state index < -0.39 is 6.10 Å². The quantitative estimate of drug-likeness (QED) is 0.836. The second-order valence-electron chi connectivity index (χ2n) is 3.91. The van der Waals surface area contributed by atoms with Crippen LogP contribution in [-0.4, -0.2) is 19.6 Å². The van der Waals surface area contributed by atoms with Crippen LogP contribution in [-0.2, 0) is 0 Å². The number of pyridine rings is 1. The first-order valence-corrected chi connectivity index (χ1v) is 5.24. The van der Waals surface area contributed by atoms with Crippen LogP contribution in [0.3, 0.4) is 0 Å². The Morgan fingerprint density at radius 1 is 1.25 bits per heavy atom. The van der Waals surface area contributed by atoms with Crippen LogP contribution in [0.15, 0.2) is 24.7 Å². The summed E-state index contributed by atoms with van der Waals surface area (Å²) < 4.78 is 1.93. The van der Waals surface area contributed by atoms with Crippen LogP contribution < -0.4 is 0 Å². The van der Waals surface area contributed by atoms with Gasteiger partial charge in [-0.05, 0) is 32.4 Å². The van der Waals surface area contributed by atoms with Crippen molar-refractivity contribution < 1.29 is 5.11 Å². The third-order valence-electron chi connectivity index (χ3n) is 2.75. The van der Waals surface area contributed by atoms with E-state index in [2.05, 4.69) is 9.97 Å². The molecule has 0 radical (unpaired) electrons. The number of aromatic nitrogens is 3. The number of aryl methyl sites for hydroxylation is 1. The van der Waals surface area contributed by atoms with Gasteiger partial charge in [-0.2, -0.15) is 0 Å². The van der Waals surface area contributed by atoms with Crippen LogP contribution in [0.25, 0.3) is 5.82 Å². The molecule has 0 aliphatic heterocycles. The minimum Gasteiger partial charge on any atom is -0.389 e. The summed E-state index contributed by atoms with van der Waals surface area (Å²) in [4.78, 5) is 8.53. The van der Waals surface area contributed by atoms with Crippen LogP contribution in [0.4, 0.5) is 0 Å². The molecule has 1 N–H and O–H groups in total. The molecule has 0 aromatic carbocycles. The van der Waals surface area contributed by atoms with Crippen molar-refractivity contribution in [1.29, 1.82) is 0 Å². The summed E-state index contributed by atoms with van der Waals surface area (Å²) in [6.07, 6.45) is 2.97. The molecule has 4 nitrogen and oxygen atoms in total. The van der Waals surface area contributed by atoms with Crippen molar-refractivity contribution in [2.75, 3.05) is 0 Å². The lowest BCUT2D eigenvalue weighted by Gasteiger charge is -2.07. The summed E-state index contributed by atoms with van der Waals surface area (Å²) in [6, 6.07) is 3.76. The summed E-state index contributed by atoms with van der Waals surface area (Å²) >= 11 is 0. The van der Waals surface area contributed by atoms with E-state index in [0.29, 0.717) is 0 Å². The molecule has 84 valence electrons. The highest BCUT2D eigenvalue weighted by atomic mass is 16.3. The minimum absolute atomic E-state index is 0.479. The number of hydrogen-bond acceptors (Lipinski definition) is 3. The molecule has 0 saturated heterocycles. The van der Waals surface area contributed by atoms with Crippen molar-refractivity contribution >= 4 is 0 Å². The van der Waals surface area contributed by atoms with Gasteiger partial charge in [0.05, 0.1) is 11.8 Å². The van der Waals surface area contributed by atoms with Crippen molar-refractivity contribution in [1.82, 2.24) is 14.5 Å². The van der Waals surface area contributed by atoms with Crippen molar-refractivity contribution in [2.45, 2.75) is 26.9 Å².